The predicted octanol–water partition coefficient (Wildman–Crippen LogP) is 5.06. The predicted molar refractivity (Wildman–Crippen MR) is 76.8 cm³/mol. The van der Waals surface area contributed by atoms with Crippen molar-refractivity contribution in [3.8, 4) is 0 Å². The molecule has 0 aliphatic rings. The van der Waals surface area contributed by atoms with E-state index in [9.17, 15) is 13.2 Å². The van der Waals surface area contributed by atoms with Gasteiger partial charge in [-0.15, -0.1) is 0 Å². The third-order valence-corrected chi connectivity index (χ3v) is 3.61. The molecule has 0 spiro atoms. The SMILES string of the molecule is Cc1ccc(CNc2ccccc2SC(F)F)cc1F. The lowest BCUT2D eigenvalue weighted by atomic mass is 10.1. The van der Waals surface area contributed by atoms with Crippen LogP contribution in [0, 0.1) is 12.7 Å². The number of alkyl halides is 2. The molecular formula is C15H14F3NS. The van der Waals surface area contributed by atoms with Crippen molar-refractivity contribution in [3.63, 3.8) is 0 Å². The highest BCUT2D eigenvalue weighted by Gasteiger charge is 2.09. The molecule has 2 rings (SSSR count). The summed E-state index contributed by atoms with van der Waals surface area (Å²) >= 11 is 0.496. The van der Waals surface area contributed by atoms with E-state index in [-0.39, 0.29) is 5.82 Å². The molecule has 0 saturated heterocycles. The van der Waals surface area contributed by atoms with Gasteiger partial charge in [-0.05, 0) is 36.2 Å². The zero-order chi connectivity index (χ0) is 14.5. The second-order valence-corrected chi connectivity index (χ2v) is 5.34. The van der Waals surface area contributed by atoms with E-state index >= 15 is 0 Å². The Morgan fingerprint density at radius 2 is 1.90 bits per heavy atom. The highest BCUT2D eigenvalue weighted by Crippen LogP contribution is 2.31. The third kappa shape index (κ3) is 3.93. The van der Waals surface area contributed by atoms with Gasteiger partial charge in [-0.25, -0.2) is 4.39 Å². The number of para-hydroxylation sites is 1. The Bertz CT molecular complexity index is 587. The molecule has 5 heteroatoms. The molecule has 0 aromatic heterocycles. The van der Waals surface area contributed by atoms with Gasteiger partial charge >= 0.3 is 0 Å². The van der Waals surface area contributed by atoms with Gasteiger partial charge in [-0.1, -0.05) is 36.0 Å². The van der Waals surface area contributed by atoms with Crippen molar-refractivity contribution >= 4 is 17.4 Å². The highest BCUT2D eigenvalue weighted by atomic mass is 32.2. The maximum absolute atomic E-state index is 13.4. The summed E-state index contributed by atoms with van der Waals surface area (Å²) in [6, 6.07) is 11.8. The summed E-state index contributed by atoms with van der Waals surface area (Å²) in [7, 11) is 0. The summed E-state index contributed by atoms with van der Waals surface area (Å²) in [6.45, 7) is 2.08. The van der Waals surface area contributed by atoms with Crippen LogP contribution in [0.1, 0.15) is 11.1 Å². The molecular weight excluding hydrogens is 283 g/mol. The molecule has 0 amide bonds. The van der Waals surface area contributed by atoms with Crippen molar-refractivity contribution in [2.24, 2.45) is 0 Å². The second-order valence-electron chi connectivity index (χ2n) is 4.31. The van der Waals surface area contributed by atoms with Crippen LogP contribution in [0.2, 0.25) is 0 Å². The van der Waals surface area contributed by atoms with Crippen LogP contribution >= 0.6 is 11.8 Å². The van der Waals surface area contributed by atoms with E-state index in [0.717, 1.165) is 5.56 Å². The van der Waals surface area contributed by atoms with Crippen molar-refractivity contribution in [1.82, 2.24) is 0 Å². The molecule has 2 aromatic rings. The smallest absolute Gasteiger partial charge is 0.288 e. The number of benzene rings is 2. The largest absolute Gasteiger partial charge is 0.380 e. The molecule has 0 saturated carbocycles. The van der Waals surface area contributed by atoms with E-state index in [1.807, 2.05) is 6.07 Å². The van der Waals surface area contributed by atoms with Crippen LogP contribution in [0.15, 0.2) is 47.4 Å². The highest BCUT2D eigenvalue weighted by molar-refractivity contribution is 7.99. The van der Waals surface area contributed by atoms with Crippen LogP contribution in [0.5, 0.6) is 0 Å². The summed E-state index contributed by atoms with van der Waals surface area (Å²) in [5.41, 5.74) is 1.98. The van der Waals surface area contributed by atoms with Gasteiger partial charge in [0.2, 0.25) is 0 Å². The van der Waals surface area contributed by atoms with Crippen molar-refractivity contribution in [1.29, 1.82) is 0 Å². The Hall–Kier alpha value is -1.62. The van der Waals surface area contributed by atoms with E-state index in [4.69, 9.17) is 0 Å². The van der Waals surface area contributed by atoms with Gasteiger partial charge < -0.3 is 5.32 Å². The molecule has 20 heavy (non-hydrogen) atoms. The number of anilines is 1. The number of halogens is 3. The van der Waals surface area contributed by atoms with E-state index in [2.05, 4.69) is 5.32 Å². The summed E-state index contributed by atoms with van der Waals surface area (Å²) in [5.74, 6) is -2.73. The van der Waals surface area contributed by atoms with Gasteiger partial charge in [-0.3, -0.25) is 0 Å². The second kappa shape index (κ2) is 6.70. The summed E-state index contributed by atoms with van der Waals surface area (Å²) in [4.78, 5) is 0.482. The minimum atomic E-state index is -2.46. The minimum Gasteiger partial charge on any atom is -0.380 e. The molecule has 0 bridgehead atoms. The Morgan fingerprint density at radius 1 is 1.15 bits per heavy atom. The standard InChI is InChI=1S/C15H14F3NS/c1-10-6-7-11(8-12(10)16)9-19-13-4-2-3-5-14(13)20-15(17)18/h2-8,15,19H,9H2,1H3. The molecule has 106 valence electrons. The monoisotopic (exact) mass is 297 g/mol. The van der Waals surface area contributed by atoms with Gasteiger partial charge in [0.05, 0.1) is 0 Å². The number of hydrogen-bond donors (Lipinski definition) is 1. The fourth-order valence-electron chi connectivity index (χ4n) is 1.76. The Labute approximate surface area is 120 Å². The van der Waals surface area contributed by atoms with E-state index in [1.165, 1.54) is 6.07 Å². The lowest BCUT2D eigenvalue weighted by molar-refractivity contribution is 0.252. The molecule has 0 unspecified atom stereocenters. The van der Waals surface area contributed by atoms with E-state index in [1.54, 1.807) is 37.3 Å². The minimum absolute atomic E-state index is 0.264. The van der Waals surface area contributed by atoms with Crippen LogP contribution < -0.4 is 5.32 Å². The van der Waals surface area contributed by atoms with Crippen molar-refractivity contribution in [2.45, 2.75) is 24.1 Å². The molecule has 2 aromatic carbocycles. The average molecular weight is 297 g/mol. The first kappa shape index (κ1) is 14.8. The van der Waals surface area contributed by atoms with Crippen LogP contribution in [0.25, 0.3) is 0 Å². The first-order chi connectivity index (χ1) is 9.56. The first-order valence-electron chi connectivity index (χ1n) is 6.09. The van der Waals surface area contributed by atoms with Crippen LogP contribution in [-0.4, -0.2) is 5.76 Å². The van der Waals surface area contributed by atoms with Gasteiger partial charge in [-0.2, -0.15) is 8.78 Å². The molecule has 0 aliphatic heterocycles. The van der Waals surface area contributed by atoms with Crippen LogP contribution in [-0.2, 0) is 6.54 Å². The number of nitrogens with one attached hydrogen (secondary N) is 1. The Morgan fingerprint density at radius 3 is 2.60 bits per heavy atom. The van der Waals surface area contributed by atoms with E-state index in [0.29, 0.717) is 34.5 Å². The van der Waals surface area contributed by atoms with Crippen LogP contribution in [0.3, 0.4) is 0 Å². The Kier molecular flexibility index (Phi) is 4.95. The average Bonchev–Trinajstić information content (AvgIpc) is 2.41. The van der Waals surface area contributed by atoms with Crippen molar-refractivity contribution in [2.75, 3.05) is 5.32 Å². The first-order valence-corrected chi connectivity index (χ1v) is 6.97. The molecule has 0 heterocycles. The lowest BCUT2D eigenvalue weighted by Crippen LogP contribution is -2.01. The van der Waals surface area contributed by atoms with Crippen LogP contribution in [0.4, 0.5) is 18.9 Å². The quantitative estimate of drug-likeness (QED) is 0.774. The number of rotatable bonds is 5. The van der Waals surface area contributed by atoms with Gasteiger partial charge in [0.15, 0.2) is 0 Å². The molecule has 0 aliphatic carbocycles. The fraction of sp³-hybridized carbons (Fsp3) is 0.200. The van der Waals surface area contributed by atoms with Gasteiger partial charge in [0, 0.05) is 17.1 Å². The van der Waals surface area contributed by atoms with E-state index < -0.39 is 5.76 Å². The van der Waals surface area contributed by atoms with Gasteiger partial charge in [0.1, 0.15) is 5.82 Å². The normalized spacial score (nSPS) is 10.8. The lowest BCUT2D eigenvalue weighted by Gasteiger charge is -2.11. The molecule has 1 nitrogen and oxygen atoms in total. The van der Waals surface area contributed by atoms with Gasteiger partial charge in [0.25, 0.3) is 5.76 Å². The number of thioether (sulfide) groups is 1. The molecule has 1 N–H and O–H groups in total. The Balaban J connectivity index is 2.08. The maximum atomic E-state index is 13.4. The maximum Gasteiger partial charge on any atom is 0.288 e. The van der Waals surface area contributed by atoms with Crippen molar-refractivity contribution in [3.05, 3.63) is 59.4 Å². The fourth-order valence-corrected chi connectivity index (χ4v) is 2.37. The van der Waals surface area contributed by atoms with Crippen molar-refractivity contribution < 1.29 is 13.2 Å². The summed E-state index contributed by atoms with van der Waals surface area (Å²) in [6.07, 6.45) is 0. The molecule has 0 atom stereocenters. The summed E-state index contributed by atoms with van der Waals surface area (Å²) < 4.78 is 38.3. The summed E-state index contributed by atoms with van der Waals surface area (Å²) in [5, 5.41) is 3.06. The topological polar surface area (TPSA) is 12.0 Å². The third-order valence-electron chi connectivity index (χ3n) is 2.82. The molecule has 0 radical (unpaired) electrons. The molecule has 0 fully saturated rings. The number of hydrogen-bond acceptors (Lipinski definition) is 2. The zero-order valence-corrected chi connectivity index (χ0v) is 11.7. The zero-order valence-electron chi connectivity index (χ0n) is 10.9. The number of aryl methyl sites for hydroxylation is 1.